The molecule has 4 nitrogen and oxygen atoms in total. The molecule has 130 valence electrons. The average molecular weight is 373 g/mol. The van der Waals surface area contributed by atoms with Crippen molar-refractivity contribution in [2.75, 3.05) is 6.61 Å². The van der Waals surface area contributed by atoms with Crippen molar-refractivity contribution in [3.05, 3.63) is 54.1 Å². The number of hydrogen-bond donors (Lipinski definition) is 1. The fourth-order valence-corrected chi connectivity index (χ4v) is 4.57. The van der Waals surface area contributed by atoms with Crippen molar-refractivity contribution in [2.45, 2.75) is 29.4 Å². The van der Waals surface area contributed by atoms with E-state index < -0.39 is 11.2 Å². The zero-order valence-electron chi connectivity index (χ0n) is 13.8. The Morgan fingerprint density at radius 2 is 2.08 bits per heavy atom. The number of thiazole rings is 1. The molecule has 3 aromatic rings. The fourth-order valence-electron chi connectivity index (χ4n) is 2.35. The van der Waals surface area contributed by atoms with E-state index in [0.717, 1.165) is 38.7 Å². The van der Waals surface area contributed by atoms with E-state index in [1.807, 2.05) is 48.5 Å². The molecule has 0 saturated heterocycles. The molecule has 1 aromatic heterocycles. The molecule has 0 aliphatic rings. The van der Waals surface area contributed by atoms with Gasteiger partial charge in [0.15, 0.2) is 4.34 Å². The third-order valence-electron chi connectivity index (χ3n) is 3.65. The van der Waals surface area contributed by atoms with Crippen molar-refractivity contribution < 1.29 is 14.6 Å². The molecule has 3 rings (SSSR count). The van der Waals surface area contributed by atoms with Crippen molar-refractivity contribution in [3.63, 3.8) is 0 Å². The number of rotatable bonds is 8. The predicted molar refractivity (Wildman–Crippen MR) is 103 cm³/mol. The number of hydrogen-bond acceptors (Lipinski definition) is 5. The number of carbonyl (C=O) groups is 1. The minimum atomic E-state index is -0.862. The summed E-state index contributed by atoms with van der Waals surface area (Å²) in [6, 6.07) is 15.1. The fraction of sp³-hybridized carbons (Fsp3) is 0.263. The highest BCUT2D eigenvalue weighted by molar-refractivity contribution is 8.02. The molecular formula is C19H19NO3S2. The zero-order chi connectivity index (χ0) is 17.6. The minimum Gasteiger partial charge on any atom is -0.494 e. The molecule has 0 radical (unpaired) electrons. The Morgan fingerprint density at radius 3 is 2.80 bits per heavy atom. The van der Waals surface area contributed by atoms with E-state index in [4.69, 9.17) is 4.74 Å². The molecule has 1 N–H and O–H groups in total. The monoisotopic (exact) mass is 373 g/mol. The van der Waals surface area contributed by atoms with Gasteiger partial charge in [-0.25, -0.2) is 4.98 Å². The summed E-state index contributed by atoms with van der Waals surface area (Å²) in [5, 5.41) is 8.90. The number of nitrogens with zero attached hydrogens (tertiary/aromatic N) is 1. The standard InChI is InChI=1S/C19H19NO3S2/c1-2-3-11-23-14-9-10-15-16(12-14)24-19(20-15)25-17(18(21)22)13-7-5-4-6-8-13/h4-10,12,17H,2-3,11H2,1H3,(H,21,22). The van der Waals surface area contributed by atoms with Crippen LogP contribution < -0.4 is 4.74 Å². The second kappa shape index (κ2) is 8.36. The molecule has 1 heterocycles. The summed E-state index contributed by atoms with van der Waals surface area (Å²) < 4.78 is 7.49. The van der Waals surface area contributed by atoms with Crippen LogP contribution in [0.5, 0.6) is 5.75 Å². The normalized spacial score (nSPS) is 12.2. The van der Waals surface area contributed by atoms with E-state index in [1.54, 1.807) is 0 Å². The first-order chi connectivity index (χ1) is 12.2. The van der Waals surface area contributed by atoms with Crippen LogP contribution >= 0.6 is 23.1 Å². The molecule has 0 aliphatic carbocycles. The second-order valence-electron chi connectivity index (χ2n) is 5.56. The van der Waals surface area contributed by atoms with Crippen LogP contribution in [0.2, 0.25) is 0 Å². The Hall–Kier alpha value is -2.05. The lowest BCUT2D eigenvalue weighted by atomic mass is 10.1. The molecule has 0 bridgehead atoms. The van der Waals surface area contributed by atoms with Gasteiger partial charge in [-0.15, -0.1) is 11.3 Å². The number of aromatic nitrogens is 1. The van der Waals surface area contributed by atoms with Crippen molar-refractivity contribution in [1.29, 1.82) is 0 Å². The van der Waals surface area contributed by atoms with E-state index in [0.29, 0.717) is 6.61 Å². The van der Waals surface area contributed by atoms with Gasteiger partial charge in [-0.05, 0) is 30.2 Å². The molecule has 1 atom stereocenters. The first-order valence-corrected chi connectivity index (χ1v) is 9.85. The van der Waals surface area contributed by atoms with E-state index in [1.165, 1.54) is 23.1 Å². The Bertz CT molecular complexity index is 848. The van der Waals surface area contributed by atoms with Crippen LogP contribution in [-0.4, -0.2) is 22.7 Å². The maximum atomic E-state index is 11.7. The Balaban J connectivity index is 1.79. The van der Waals surface area contributed by atoms with Crippen LogP contribution in [0, 0.1) is 0 Å². The number of fused-ring (bicyclic) bond motifs is 1. The minimum absolute atomic E-state index is 0.665. The summed E-state index contributed by atoms with van der Waals surface area (Å²) in [4.78, 5) is 16.2. The zero-order valence-corrected chi connectivity index (χ0v) is 15.5. The molecule has 2 aromatic carbocycles. The number of unbranched alkanes of at least 4 members (excludes halogenated alkanes) is 1. The summed E-state index contributed by atoms with van der Waals surface area (Å²) in [6.07, 6.45) is 2.12. The molecular weight excluding hydrogens is 354 g/mol. The summed E-state index contributed by atoms with van der Waals surface area (Å²) in [6.45, 7) is 2.84. The number of ether oxygens (including phenoxy) is 1. The predicted octanol–water partition coefficient (Wildman–Crippen LogP) is 5.39. The molecule has 0 spiro atoms. The SMILES string of the molecule is CCCCOc1ccc2nc(SC(C(=O)O)c3ccccc3)sc2c1. The highest BCUT2D eigenvalue weighted by Crippen LogP contribution is 2.40. The van der Waals surface area contributed by atoms with Gasteiger partial charge in [0.1, 0.15) is 11.0 Å². The van der Waals surface area contributed by atoms with Gasteiger partial charge in [-0.2, -0.15) is 0 Å². The molecule has 6 heteroatoms. The lowest BCUT2D eigenvalue weighted by Gasteiger charge is -2.09. The number of aliphatic carboxylic acids is 1. The molecule has 0 fully saturated rings. The quantitative estimate of drug-likeness (QED) is 0.423. The van der Waals surface area contributed by atoms with Crippen LogP contribution in [-0.2, 0) is 4.79 Å². The van der Waals surface area contributed by atoms with E-state index in [-0.39, 0.29) is 0 Å². The highest BCUT2D eigenvalue weighted by atomic mass is 32.2. The number of carboxylic acid groups (broad SMARTS) is 1. The van der Waals surface area contributed by atoms with Gasteiger partial charge in [0, 0.05) is 0 Å². The largest absolute Gasteiger partial charge is 0.494 e. The van der Waals surface area contributed by atoms with Crippen molar-refractivity contribution in [3.8, 4) is 5.75 Å². The Morgan fingerprint density at radius 1 is 1.28 bits per heavy atom. The number of thioether (sulfide) groups is 1. The van der Waals surface area contributed by atoms with Crippen molar-refractivity contribution in [2.24, 2.45) is 0 Å². The maximum absolute atomic E-state index is 11.7. The third kappa shape index (κ3) is 4.52. The first-order valence-electron chi connectivity index (χ1n) is 8.15. The lowest BCUT2D eigenvalue weighted by Crippen LogP contribution is -2.07. The lowest BCUT2D eigenvalue weighted by molar-refractivity contribution is -0.136. The average Bonchev–Trinajstić information content (AvgIpc) is 3.02. The second-order valence-corrected chi connectivity index (χ2v) is 7.94. The summed E-state index contributed by atoms with van der Waals surface area (Å²) in [5.74, 6) is -0.0296. The number of carboxylic acids is 1. The van der Waals surface area contributed by atoms with E-state index in [2.05, 4.69) is 11.9 Å². The smallest absolute Gasteiger partial charge is 0.321 e. The molecule has 1 unspecified atom stereocenters. The van der Waals surface area contributed by atoms with Gasteiger partial charge in [0.05, 0.1) is 16.8 Å². The van der Waals surface area contributed by atoms with Crippen LogP contribution in [0.4, 0.5) is 0 Å². The Labute approximate surface area is 154 Å². The van der Waals surface area contributed by atoms with Crippen molar-refractivity contribution in [1.82, 2.24) is 4.98 Å². The van der Waals surface area contributed by atoms with Gasteiger partial charge in [0.25, 0.3) is 0 Å². The number of benzene rings is 2. The van der Waals surface area contributed by atoms with Gasteiger partial charge in [0.2, 0.25) is 0 Å². The first kappa shape index (κ1) is 17.8. The molecule has 0 amide bonds. The van der Waals surface area contributed by atoms with Gasteiger partial charge < -0.3 is 9.84 Å². The van der Waals surface area contributed by atoms with Crippen LogP contribution in [0.1, 0.15) is 30.6 Å². The van der Waals surface area contributed by atoms with Crippen LogP contribution in [0.25, 0.3) is 10.2 Å². The molecule has 0 aliphatic heterocycles. The van der Waals surface area contributed by atoms with Crippen molar-refractivity contribution >= 4 is 39.3 Å². The van der Waals surface area contributed by atoms with Crippen LogP contribution in [0.3, 0.4) is 0 Å². The summed E-state index contributed by atoms with van der Waals surface area (Å²) in [7, 11) is 0. The van der Waals surface area contributed by atoms with Gasteiger partial charge in [-0.1, -0.05) is 55.4 Å². The van der Waals surface area contributed by atoms with E-state index in [9.17, 15) is 9.90 Å². The molecule has 25 heavy (non-hydrogen) atoms. The summed E-state index contributed by atoms with van der Waals surface area (Å²) in [5.41, 5.74) is 1.63. The van der Waals surface area contributed by atoms with E-state index >= 15 is 0 Å². The molecule has 0 saturated carbocycles. The van der Waals surface area contributed by atoms with Gasteiger partial charge >= 0.3 is 5.97 Å². The highest BCUT2D eigenvalue weighted by Gasteiger charge is 2.23. The third-order valence-corrected chi connectivity index (χ3v) is 6.01. The van der Waals surface area contributed by atoms with Crippen LogP contribution in [0.15, 0.2) is 52.9 Å². The topological polar surface area (TPSA) is 59.4 Å². The van der Waals surface area contributed by atoms with Gasteiger partial charge in [-0.3, -0.25) is 4.79 Å². The maximum Gasteiger partial charge on any atom is 0.321 e. The Kier molecular flexibility index (Phi) is 5.94. The summed E-state index contributed by atoms with van der Waals surface area (Å²) >= 11 is 2.77.